The van der Waals surface area contributed by atoms with Gasteiger partial charge >= 0.3 is 0 Å². The summed E-state index contributed by atoms with van der Waals surface area (Å²) in [7, 11) is 0. The third-order valence-electron chi connectivity index (χ3n) is 4.98. The van der Waals surface area contributed by atoms with Crippen LogP contribution in [0.2, 0.25) is 0 Å². The molecule has 1 aromatic heterocycles. The molecule has 1 N–H and O–H groups in total. The Morgan fingerprint density at radius 3 is 2.84 bits per heavy atom. The molecule has 3 rings (SSSR count). The topological polar surface area (TPSA) is 21.3 Å². The fraction of sp³-hybridized carbons (Fsp3) is 0.750. The number of thiophene rings is 1. The van der Waals surface area contributed by atoms with Gasteiger partial charge in [-0.05, 0) is 23.8 Å². The summed E-state index contributed by atoms with van der Waals surface area (Å²) in [6, 6.07) is 5.49. The zero-order valence-corrected chi connectivity index (χ0v) is 13.2. The van der Waals surface area contributed by atoms with Crippen LogP contribution >= 0.6 is 11.3 Å². The van der Waals surface area contributed by atoms with Crippen molar-refractivity contribution in [3.8, 4) is 0 Å². The number of hydrogen-bond acceptors (Lipinski definition) is 3. The number of hydrogen-bond donors (Lipinski definition) is 1. The standard InChI is InChI=1S/C16H25NOS/c1-10(2)13(12-6-5-9-19-12)17-14-11-7-8-18-15(11)16(14,3)4/h5-6,9-11,13-15,17H,7-8H2,1-4H3. The van der Waals surface area contributed by atoms with Gasteiger partial charge in [0.25, 0.3) is 0 Å². The lowest BCUT2D eigenvalue weighted by Gasteiger charge is -2.56. The van der Waals surface area contributed by atoms with Gasteiger partial charge in [0.1, 0.15) is 0 Å². The number of nitrogens with one attached hydrogen (secondary N) is 1. The Labute approximate surface area is 120 Å². The molecule has 1 aromatic rings. The molecule has 2 heterocycles. The molecule has 1 saturated heterocycles. The fourth-order valence-corrected chi connectivity index (χ4v) is 4.89. The van der Waals surface area contributed by atoms with Crippen molar-refractivity contribution in [1.82, 2.24) is 5.32 Å². The van der Waals surface area contributed by atoms with E-state index < -0.39 is 0 Å². The van der Waals surface area contributed by atoms with Gasteiger partial charge in [0.05, 0.1) is 6.10 Å². The van der Waals surface area contributed by atoms with Crippen LogP contribution in [0.25, 0.3) is 0 Å². The van der Waals surface area contributed by atoms with Gasteiger partial charge in [-0.3, -0.25) is 0 Å². The van der Waals surface area contributed by atoms with Crippen molar-refractivity contribution in [3.05, 3.63) is 22.4 Å². The summed E-state index contributed by atoms with van der Waals surface area (Å²) in [5.41, 5.74) is 0.269. The zero-order valence-electron chi connectivity index (χ0n) is 12.3. The summed E-state index contributed by atoms with van der Waals surface area (Å²) < 4.78 is 5.89. The van der Waals surface area contributed by atoms with Crippen LogP contribution in [0.1, 0.15) is 45.0 Å². The first-order chi connectivity index (χ1) is 9.01. The highest BCUT2D eigenvalue weighted by atomic mass is 32.1. The Bertz CT molecular complexity index is 426. The molecule has 19 heavy (non-hydrogen) atoms. The first-order valence-corrected chi connectivity index (χ1v) is 8.31. The molecular weight excluding hydrogens is 254 g/mol. The minimum atomic E-state index is 0.269. The second kappa shape index (κ2) is 4.87. The zero-order chi connectivity index (χ0) is 13.6. The first kappa shape index (κ1) is 13.6. The maximum absolute atomic E-state index is 5.89. The van der Waals surface area contributed by atoms with Gasteiger partial charge in [0, 0.05) is 34.9 Å². The third kappa shape index (κ3) is 2.16. The molecule has 1 aliphatic heterocycles. The molecule has 106 valence electrons. The van der Waals surface area contributed by atoms with Crippen LogP contribution in [-0.2, 0) is 4.74 Å². The molecule has 0 bridgehead atoms. The van der Waals surface area contributed by atoms with E-state index in [1.165, 1.54) is 11.3 Å². The Kier molecular flexibility index (Phi) is 3.48. The minimum Gasteiger partial charge on any atom is -0.377 e. The highest BCUT2D eigenvalue weighted by Crippen LogP contribution is 2.53. The smallest absolute Gasteiger partial charge is 0.0685 e. The van der Waals surface area contributed by atoms with Crippen LogP contribution in [0.4, 0.5) is 0 Å². The number of rotatable bonds is 4. The van der Waals surface area contributed by atoms with Crippen molar-refractivity contribution in [2.75, 3.05) is 6.61 Å². The highest BCUT2D eigenvalue weighted by molar-refractivity contribution is 7.10. The van der Waals surface area contributed by atoms with Gasteiger partial charge in [-0.1, -0.05) is 33.8 Å². The maximum Gasteiger partial charge on any atom is 0.0685 e. The molecule has 0 amide bonds. The van der Waals surface area contributed by atoms with Crippen molar-refractivity contribution in [2.24, 2.45) is 17.3 Å². The minimum absolute atomic E-state index is 0.269. The molecule has 4 atom stereocenters. The van der Waals surface area contributed by atoms with E-state index in [1.54, 1.807) is 0 Å². The molecule has 2 nitrogen and oxygen atoms in total. The normalized spacial score (nSPS) is 34.1. The number of ether oxygens (including phenoxy) is 1. The quantitative estimate of drug-likeness (QED) is 0.904. The second-order valence-corrected chi connectivity index (χ2v) is 7.93. The van der Waals surface area contributed by atoms with E-state index in [-0.39, 0.29) is 5.41 Å². The summed E-state index contributed by atoms with van der Waals surface area (Å²) in [6.45, 7) is 10.3. The Morgan fingerprint density at radius 1 is 1.42 bits per heavy atom. The van der Waals surface area contributed by atoms with E-state index in [4.69, 9.17) is 4.74 Å². The van der Waals surface area contributed by atoms with E-state index in [0.717, 1.165) is 12.5 Å². The van der Waals surface area contributed by atoms with Gasteiger partial charge in [-0.25, -0.2) is 0 Å². The average molecular weight is 279 g/mol. The van der Waals surface area contributed by atoms with Crippen LogP contribution < -0.4 is 5.32 Å². The van der Waals surface area contributed by atoms with E-state index in [2.05, 4.69) is 50.5 Å². The predicted molar refractivity (Wildman–Crippen MR) is 80.4 cm³/mol. The molecule has 0 aromatic carbocycles. The van der Waals surface area contributed by atoms with Crippen LogP contribution in [-0.4, -0.2) is 18.8 Å². The maximum atomic E-state index is 5.89. The lowest BCUT2D eigenvalue weighted by molar-refractivity contribution is -0.116. The number of fused-ring (bicyclic) bond motifs is 1. The first-order valence-electron chi connectivity index (χ1n) is 7.43. The van der Waals surface area contributed by atoms with Crippen molar-refractivity contribution in [2.45, 2.75) is 52.3 Å². The highest BCUT2D eigenvalue weighted by Gasteiger charge is 2.59. The molecule has 2 aliphatic rings. The molecule has 0 radical (unpaired) electrons. The van der Waals surface area contributed by atoms with Gasteiger partial charge in [0.2, 0.25) is 0 Å². The predicted octanol–water partition coefficient (Wildman–Crippen LogP) is 3.85. The summed E-state index contributed by atoms with van der Waals surface area (Å²) in [5.74, 6) is 1.34. The Balaban J connectivity index is 1.76. The van der Waals surface area contributed by atoms with E-state index >= 15 is 0 Å². The van der Waals surface area contributed by atoms with Gasteiger partial charge in [-0.2, -0.15) is 0 Å². The van der Waals surface area contributed by atoms with Crippen LogP contribution in [0.3, 0.4) is 0 Å². The largest absolute Gasteiger partial charge is 0.377 e. The summed E-state index contributed by atoms with van der Waals surface area (Å²) >= 11 is 1.87. The molecular formula is C16H25NOS. The molecule has 3 heteroatoms. The van der Waals surface area contributed by atoms with Gasteiger partial charge in [-0.15, -0.1) is 11.3 Å². The molecule has 1 aliphatic carbocycles. The Morgan fingerprint density at radius 2 is 2.21 bits per heavy atom. The summed E-state index contributed by atoms with van der Waals surface area (Å²) in [6.07, 6.45) is 1.70. The lowest BCUT2D eigenvalue weighted by atomic mass is 9.57. The van der Waals surface area contributed by atoms with Crippen LogP contribution in [0.5, 0.6) is 0 Å². The van der Waals surface area contributed by atoms with E-state index in [0.29, 0.717) is 24.1 Å². The lowest BCUT2D eigenvalue weighted by Crippen LogP contribution is -2.66. The molecule has 1 saturated carbocycles. The van der Waals surface area contributed by atoms with Gasteiger partial charge in [0.15, 0.2) is 0 Å². The summed E-state index contributed by atoms with van der Waals surface area (Å²) in [5, 5.41) is 6.13. The molecule has 4 unspecified atom stereocenters. The SMILES string of the molecule is CC(C)C(NC1C2CCOC2C1(C)C)c1cccs1. The summed E-state index contributed by atoms with van der Waals surface area (Å²) in [4.78, 5) is 1.47. The molecule has 0 spiro atoms. The Hall–Kier alpha value is -0.380. The van der Waals surface area contributed by atoms with Crippen molar-refractivity contribution in [3.63, 3.8) is 0 Å². The molecule has 2 fully saturated rings. The van der Waals surface area contributed by atoms with Crippen molar-refractivity contribution in [1.29, 1.82) is 0 Å². The van der Waals surface area contributed by atoms with Gasteiger partial charge < -0.3 is 10.1 Å². The second-order valence-electron chi connectivity index (χ2n) is 6.95. The van der Waals surface area contributed by atoms with Crippen LogP contribution in [0, 0.1) is 17.3 Å². The van der Waals surface area contributed by atoms with Crippen molar-refractivity contribution >= 4 is 11.3 Å². The average Bonchev–Trinajstić information content (AvgIpc) is 2.97. The van der Waals surface area contributed by atoms with E-state index in [9.17, 15) is 0 Å². The fourth-order valence-electron chi connectivity index (χ4n) is 3.93. The van der Waals surface area contributed by atoms with Crippen molar-refractivity contribution < 1.29 is 4.74 Å². The van der Waals surface area contributed by atoms with Crippen LogP contribution in [0.15, 0.2) is 17.5 Å². The third-order valence-corrected chi connectivity index (χ3v) is 5.93. The monoisotopic (exact) mass is 279 g/mol. The van der Waals surface area contributed by atoms with E-state index in [1.807, 2.05) is 11.3 Å².